The van der Waals surface area contributed by atoms with E-state index in [2.05, 4.69) is 10.2 Å². The molecule has 3 atom stereocenters. The van der Waals surface area contributed by atoms with Crippen LogP contribution in [0.15, 0.2) is 4.42 Å². The molecule has 0 aliphatic heterocycles. The van der Waals surface area contributed by atoms with Crippen LogP contribution in [0.3, 0.4) is 0 Å². The molecule has 0 spiro atoms. The van der Waals surface area contributed by atoms with Gasteiger partial charge in [-0.15, -0.1) is 21.8 Å². The second-order valence-electron chi connectivity index (χ2n) is 5.79. The quantitative estimate of drug-likeness (QED) is 0.780. The van der Waals surface area contributed by atoms with Gasteiger partial charge in [0.25, 0.3) is 0 Å². The molecule has 1 aromatic rings. The van der Waals surface area contributed by atoms with Crippen LogP contribution >= 0.6 is 11.6 Å². The van der Waals surface area contributed by atoms with Gasteiger partial charge < -0.3 is 4.42 Å². The fourth-order valence-electron chi connectivity index (χ4n) is 3.71. The molecule has 2 fully saturated rings. The fourth-order valence-corrected chi connectivity index (χ4v) is 3.87. The summed E-state index contributed by atoms with van der Waals surface area (Å²) < 4.78 is 5.74. The predicted octanol–water partition coefficient (Wildman–Crippen LogP) is 3.92. The highest BCUT2D eigenvalue weighted by Crippen LogP contribution is 2.45. The number of alkyl halides is 1. The van der Waals surface area contributed by atoms with E-state index in [1.165, 1.54) is 44.9 Å². The van der Waals surface area contributed by atoms with Crippen LogP contribution in [0.4, 0.5) is 0 Å². The Labute approximate surface area is 113 Å². The highest BCUT2D eigenvalue weighted by Gasteiger charge is 2.34. The third-order valence-electron chi connectivity index (χ3n) is 4.68. The minimum Gasteiger partial charge on any atom is -0.425 e. The molecule has 1 aromatic heterocycles. The van der Waals surface area contributed by atoms with Crippen molar-refractivity contribution in [1.29, 1.82) is 0 Å². The number of aromatic nitrogens is 2. The standard InChI is InChI=1S/C14H21ClN2O/c15-8-7-13-16-17-14(18-13)12-6-5-10-3-1-2-4-11(10)9-12/h10-12H,1-9H2. The normalized spacial score (nSPS) is 32.2. The lowest BCUT2D eigenvalue weighted by atomic mass is 9.67. The maximum absolute atomic E-state index is 5.74. The summed E-state index contributed by atoms with van der Waals surface area (Å²) in [5.74, 6) is 4.49. The van der Waals surface area contributed by atoms with Crippen LogP contribution in [-0.4, -0.2) is 16.1 Å². The Bertz CT molecular complexity index is 393. The van der Waals surface area contributed by atoms with Gasteiger partial charge in [0.1, 0.15) is 0 Å². The van der Waals surface area contributed by atoms with Gasteiger partial charge in [0.2, 0.25) is 11.8 Å². The Morgan fingerprint density at radius 2 is 1.89 bits per heavy atom. The topological polar surface area (TPSA) is 38.9 Å². The van der Waals surface area contributed by atoms with Crippen molar-refractivity contribution in [2.24, 2.45) is 11.8 Å². The number of rotatable bonds is 3. The zero-order chi connectivity index (χ0) is 12.4. The van der Waals surface area contributed by atoms with E-state index >= 15 is 0 Å². The van der Waals surface area contributed by atoms with Crippen LogP contribution in [0, 0.1) is 11.8 Å². The smallest absolute Gasteiger partial charge is 0.219 e. The minimum absolute atomic E-state index is 0.501. The summed E-state index contributed by atoms with van der Waals surface area (Å²) >= 11 is 5.69. The van der Waals surface area contributed by atoms with E-state index in [1.54, 1.807) is 0 Å². The number of aryl methyl sites for hydroxylation is 1. The average molecular weight is 269 g/mol. The van der Waals surface area contributed by atoms with Crippen molar-refractivity contribution in [3.8, 4) is 0 Å². The van der Waals surface area contributed by atoms with E-state index in [4.69, 9.17) is 16.0 Å². The van der Waals surface area contributed by atoms with Gasteiger partial charge in [-0.25, -0.2) is 0 Å². The zero-order valence-corrected chi connectivity index (χ0v) is 11.5. The van der Waals surface area contributed by atoms with Crippen molar-refractivity contribution in [3.63, 3.8) is 0 Å². The van der Waals surface area contributed by atoms with Gasteiger partial charge in [-0.3, -0.25) is 0 Å². The fraction of sp³-hybridized carbons (Fsp3) is 0.857. The molecular formula is C14H21ClN2O. The molecular weight excluding hydrogens is 248 g/mol. The van der Waals surface area contributed by atoms with Gasteiger partial charge in [0.05, 0.1) is 0 Å². The lowest BCUT2D eigenvalue weighted by Crippen LogP contribution is -2.26. The number of nitrogens with zero attached hydrogens (tertiary/aromatic N) is 2. The number of hydrogen-bond acceptors (Lipinski definition) is 3. The summed E-state index contributed by atoms with van der Waals surface area (Å²) in [6.07, 6.45) is 10.2. The van der Waals surface area contributed by atoms with E-state index in [0.717, 1.165) is 17.7 Å². The SMILES string of the molecule is ClCCc1nnc(C2CCC3CCCCC3C2)o1. The first-order valence-electron chi connectivity index (χ1n) is 7.25. The molecule has 0 bridgehead atoms. The van der Waals surface area contributed by atoms with Gasteiger partial charge in [-0.2, -0.15) is 0 Å². The van der Waals surface area contributed by atoms with Crippen LogP contribution in [0.2, 0.25) is 0 Å². The van der Waals surface area contributed by atoms with Crippen molar-refractivity contribution in [1.82, 2.24) is 10.2 Å². The Kier molecular flexibility index (Phi) is 3.88. The van der Waals surface area contributed by atoms with Crippen molar-refractivity contribution >= 4 is 11.6 Å². The minimum atomic E-state index is 0.501. The molecule has 1 heterocycles. The highest BCUT2D eigenvalue weighted by molar-refractivity contribution is 6.17. The third kappa shape index (κ3) is 2.56. The van der Waals surface area contributed by atoms with E-state index in [1.807, 2.05) is 0 Å². The maximum atomic E-state index is 5.74. The van der Waals surface area contributed by atoms with Crippen molar-refractivity contribution in [3.05, 3.63) is 11.8 Å². The summed E-state index contributed by atoms with van der Waals surface area (Å²) in [7, 11) is 0. The van der Waals surface area contributed by atoms with Crippen molar-refractivity contribution in [2.75, 3.05) is 5.88 Å². The van der Waals surface area contributed by atoms with E-state index in [9.17, 15) is 0 Å². The Balaban J connectivity index is 1.65. The molecule has 3 nitrogen and oxygen atoms in total. The molecule has 0 amide bonds. The molecule has 0 radical (unpaired) electrons. The maximum Gasteiger partial charge on any atom is 0.219 e. The lowest BCUT2D eigenvalue weighted by Gasteiger charge is -2.38. The van der Waals surface area contributed by atoms with Gasteiger partial charge >= 0.3 is 0 Å². The lowest BCUT2D eigenvalue weighted by molar-refractivity contribution is 0.145. The number of hydrogen-bond donors (Lipinski definition) is 0. The van der Waals surface area contributed by atoms with Crippen LogP contribution < -0.4 is 0 Å². The molecule has 100 valence electrons. The molecule has 2 saturated carbocycles. The molecule has 0 saturated heterocycles. The molecule has 0 N–H and O–H groups in total. The average Bonchev–Trinajstić information content (AvgIpc) is 2.87. The van der Waals surface area contributed by atoms with E-state index < -0.39 is 0 Å². The first-order chi connectivity index (χ1) is 8.86. The molecule has 4 heteroatoms. The number of halogens is 1. The molecule has 3 unspecified atom stereocenters. The summed E-state index contributed by atoms with van der Waals surface area (Å²) in [6.45, 7) is 0. The van der Waals surface area contributed by atoms with Gasteiger partial charge in [0, 0.05) is 18.2 Å². The summed E-state index contributed by atoms with van der Waals surface area (Å²) in [4.78, 5) is 0. The first kappa shape index (κ1) is 12.5. The molecule has 18 heavy (non-hydrogen) atoms. The third-order valence-corrected chi connectivity index (χ3v) is 4.87. The van der Waals surface area contributed by atoms with E-state index in [0.29, 0.717) is 24.1 Å². The van der Waals surface area contributed by atoms with Gasteiger partial charge in [-0.1, -0.05) is 25.7 Å². The van der Waals surface area contributed by atoms with E-state index in [-0.39, 0.29) is 0 Å². The monoisotopic (exact) mass is 268 g/mol. The molecule has 0 aromatic carbocycles. The Morgan fingerprint density at radius 3 is 2.72 bits per heavy atom. The van der Waals surface area contributed by atoms with Crippen LogP contribution in [0.5, 0.6) is 0 Å². The van der Waals surface area contributed by atoms with Gasteiger partial charge in [-0.05, 0) is 31.1 Å². The van der Waals surface area contributed by atoms with Crippen LogP contribution in [0.1, 0.15) is 62.6 Å². The van der Waals surface area contributed by atoms with Crippen LogP contribution in [0.25, 0.3) is 0 Å². The van der Waals surface area contributed by atoms with Crippen molar-refractivity contribution < 1.29 is 4.42 Å². The molecule has 2 aliphatic rings. The van der Waals surface area contributed by atoms with Crippen LogP contribution in [-0.2, 0) is 6.42 Å². The molecule has 2 aliphatic carbocycles. The summed E-state index contributed by atoms with van der Waals surface area (Å²) in [5, 5.41) is 8.30. The first-order valence-corrected chi connectivity index (χ1v) is 7.78. The second kappa shape index (κ2) is 5.60. The second-order valence-corrected chi connectivity index (χ2v) is 6.17. The predicted molar refractivity (Wildman–Crippen MR) is 70.8 cm³/mol. The molecule has 3 rings (SSSR count). The highest BCUT2D eigenvalue weighted by atomic mass is 35.5. The Hall–Kier alpha value is -0.570. The Morgan fingerprint density at radius 1 is 1.06 bits per heavy atom. The zero-order valence-electron chi connectivity index (χ0n) is 10.8. The summed E-state index contributed by atoms with van der Waals surface area (Å²) in [5.41, 5.74) is 0. The number of fused-ring (bicyclic) bond motifs is 1. The van der Waals surface area contributed by atoms with Crippen molar-refractivity contribution in [2.45, 2.75) is 57.3 Å². The summed E-state index contributed by atoms with van der Waals surface area (Å²) in [6, 6.07) is 0. The largest absolute Gasteiger partial charge is 0.425 e. The van der Waals surface area contributed by atoms with Gasteiger partial charge in [0.15, 0.2) is 0 Å².